The number of ether oxygens (including phenoxy) is 1. The van der Waals surface area contributed by atoms with Gasteiger partial charge in [-0.15, -0.1) is 0 Å². The van der Waals surface area contributed by atoms with Gasteiger partial charge in [0.05, 0.1) is 12.6 Å². The van der Waals surface area contributed by atoms with Gasteiger partial charge in [-0.25, -0.2) is 0 Å². The van der Waals surface area contributed by atoms with Gasteiger partial charge in [0.15, 0.2) is 0 Å². The molecule has 2 heteroatoms. The predicted octanol–water partition coefficient (Wildman–Crippen LogP) is 4.92. The third-order valence-electron chi connectivity index (χ3n) is 4.12. The molecule has 0 aromatic heterocycles. The molecule has 110 valence electrons. The van der Waals surface area contributed by atoms with Crippen LogP contribution in [0.15, 0.2) is 42.5 Å². The molecule has 0 amide bonds. The van der Waals surface area contributed by atoms with Crippen LogP contribution < -0.4 is 10.1 Å². The average molecular weight is 281 g/mol. The van der Waals surface area contributed by atoms with Crippen molar-refractivity contribution < 1.29 is 4.74 Å². The van der Waals surface area contributed by atoms with Crippen LogP contribution in [-0.4, -0.2) is 6.61 Å². The van der Waals surface area contributed by atoms with Crippen molar-refractivity contribution in [1.82, 2.24) is 0 Å². The van der Waals surface area contributed by atoms with Gasteiger partial charge in [-0.05, 0) is 54.2 Å². The van der Waals surface area contributed by atoms with E-state index in [2.05, 4.69) is 55.6 Å². The Kier molecular flexibility index (Phi) is 3.87. The van der Waals surface area contributed by atoms with E-state index in [4.69, 9.17) is 4.74 Å². The monoisotopic (exact) mass is 281 g/mol. The van der Waals surface area contributed by atoms with E-state index < -0.39 is 0 Å². The highest BCUT2D eigenvalue weighted by Gasteiger charge is 2.22. The number of benzene rings is 2. The zero-order valence-electron chi connectivity index (χ0n) is 13.0. The SMILES string of the molecule is CCOc1cccc(C2Cc3cc(C(C)C)ccc3N2)c1. The molecule has 0 spiro atoms. The minimum Gasteiger partial charge on any atom is -0.494 e. The van der Waals surface area contributed by atoms with Gasteiger partial charge in [0.2, 0.25) is 0 Å². The molecule has 1 unspecified atom stereocenters. The maximum atomic E-state index is 5.61. The first-order chi connectivity index (χ1) is 10.2. The van der Waals surface area contributed by atoms with Crippen molar-refractivity contribution >= 4 is 5.69 Å². The fourth-order valence-corrected chi connectivity index (χ4v) is 2.93. The van der Waals surface area contributed by atoms with Gasteiger partial charge < -0.3 is 10.1 Å². The standard InChI is InChI=1S/C19H23NO/c1-4-21-17-7-5-6-15(11-17)19-12-16-10-14(13(2)3)8-9-18(16)20-19/h5-11,13,19-20H,4,12H2,1-3H3. The average Bonchev–Trinajstić information content (AvgIpc) is 2.91. The highest BCUT2D eigenvalue weighted by molar-refractivity contribution is 5.59. The molecule has 1 heterocycles. The van der Waals surface area contributed by atoms with E-state index in [0.717, 1.165) is 12.2 Å². The minimum atomic E-state index is 0.350. The zero-order chi connectivity index (χ0) is 14.8. The molecular formula is C19H23NO. The number of nitrogens with one attached hydrogen (secondary N) is 1. The fraction of sp³-hybridized carbons (Fsp3) is 0.368. The van der Waals surface area contributed by atoms with Crippen LogP contribution in [0.1, 0.15) is 49.4 Å². The number of rotatable bonds is 4. The van der Waals surface area contributed by atoms with Crippen molar-refractivity contribution in [2.45, 2.75) is 39.2 Å². The molecule has 0 saturated carbocycles. The highest BCUT2D eigenvalue weighted by atomic mass is 16.5. The molecule has 21 heavy (non-hydrogen) atoms. The van der Waals surface area contributed by atoms with Gasteiger partial charge in [0.1, 0.15) is 5.75 Å². The Morgan fingerprint density at radius 1 is 1.19 bits per heavy atom. The lowest BCUT2D eigenvalue weighted by Gasteiger charge is -2.13. The number of anilines is 1. The molecular weight excluding hydrogens is 258 g/mol. The molecule has 1 N–H and O–H groups in total. The topological polar surface area (TPSA) is 21.3 Å². The minimum absolute atomic E-state index is 0.350. The van der Waals surface area contributed by atoms with Crippen LogP contribution in [0.2, 0.25) is 0 Å². The molecule has 3 rings (SSSR count). The summed E-state index contributed by atoms with van der Waals surface area (Å²) < 4.78 is 5.61. The van der Waals surface area contributed by atoms with Crippen LogP contribution in [-0.2, 0) is 6.42 Å². The van der Waals surface area contributed by atoms with Crippen molar-refractivity contribution in [3.63, 3.8) is 0 Å². The molecule has 2 aromatic carbocycles. The maximum absolute atomic E-state index is 5.61. The predicted molar refractivity (Wildman–Crippen MR) is 88.2 cm³/mol. The van der Waals surface area contributed by atoms with E-state index in [0.29, 0.717) is 18.6 Å². The first kappa shape index (κ1) is 14.0. The van der Waals surface area contributed by atoms with Crippen molar-refractivity contribution in [1.29, 1.82) is 0 Å². The summed E-state index contributed by atoms with van der Waals surface area (Å²) in [6.07, 6.45) is 1.05. The second-order valence-corrected chi connectivity index (χ2v) is 5.98. The van der Waals surface area contributed by atoms with E-state index in [1.807, 2.05) is 13.0 Å². The smallest absolute Gasteiger partial charge is 0.119 e. The Morgan fingerprint density at radius 3 is 2.81 bits per heavy atom. The van der Waals surface area contributed by atoms with Crippen LogP contribution in [0.3, 0.4) is 0 Å². The summed E-state index contributed by atoms with van der Waals surface area (Å²) in [5, 5.41) is 3.63. The summed E-state index contributed by atoms with van der Waals surface area (Å²) >= 11 is 0. The largest absolute Gasteiger partial charge is 0.494 e. The molecule has 2 aromatic rings. The molecule has 2 nitrogen and oxygen atoms in total. The Balaban J connectivity index is 1.82. The Labute approximate surface area is 127 Å². The lowest BCUT2D eigenvalue weighted by molar-refractivity contribution is 0.339. The third kappa shape index (κ3) is 2.90. The van der Waals surface area contributed by atoms with Crippen LogP contribution in [0.4, 0.5) is 5.69 Å². The highest BCUT2D eigenvalue weighted by Crippen LogP contribution is 2.36. The summed E-state index contributed by atoms with van der Waals surface area (Å²) in [6, 6.07) is 15.6. The molecule has 1 atom stereocenters. The summed E-state index contributed by atoms with van der Waals surface area (Å²) in [5.41, 5.74) is 5.40. The Hall–Kier alpha value is -1.96. The van der Waals surface area contributed by atoms with Crippen molar-refractivity contribution in [3.05, 3.63) is 59.2 Å². The molecule has 0 aliphatic carbocycles. The molecule has 0 radical (unpaired) electrons. The van der Waals surface area contributed by atoms with Gasteiger partial charge in [-0.3, -0.25) is 0 Å². The van der Waals surface area contributed by atoms with E-state index in [9.17, 15) is 0 Å². The van der Waals surface area contributed by atoms with Crippen LogP contribution in [0, 0.1) is 0 Å². The molecule has 0 saturated heterocycles. The first-order valence-electron chi connectivity index (χ1n) is 7.79. The molecule has 0 fully saturated rings. The van der Waals surface area contributed by atoms with Crippen molar-refractivity contribution in [2.75, 3.05) is 11.9 Å². The zero-order valence-corrected chi connectivity index (χ0v) is 13.0. The quantitative estimate of drug-likeness (QED) is 0.859. The van der Waals surface area contributed by atoms with Gasteiger partial charge in [0.25, 0.3) is 0 Å². The van der Waals surface area contributed by atoms with Gasteiger partial charge in [0, 0.05) is 5.69 Å². The summed E-state index contributed by atoms with van der Waals surface area (Å²) in [7, 11) is 0. The van der Waals surface area contributed by atoms with Gasteiger partial charge in [-0.1, -0.05) is 38.1 Å². The second-order valence-electron chi connectivity index (χ2n) is 5.98. The maximum Gasteiger partial charge on any atom is 0.119 e. The van der Waals surface area contributed by atoms with Crippen molar-refractivity contribution in [3.8, 4) is 5.75 Å². The normalized spacial score (nSPS) is 16.7. The number of hydrogen-bond donors (Lipinski definition) is 1. The molecule has 0 bridgehead atoms. The second kappa shape index (κ2) is 5.80. The third-order valence-corrected chi connectivity index (χ3v) is 4.12. The number of fused-ring (bicyclic) bond motifs is 1. The van der Waals surface area contributed by atoms with E-state index in [1.165, 1.54) is 22.4 Å². The molecule has 1 aliphatic rings. The summed E-state index contributed by atoms with van der Waals surface area (Å²) in [6.45, 7) is 7.21. The van der Waals surface area contributed by atoms with Gasteiger partial charge >= 0.3 is 0 Å². The fourth-order valence-electron chi connectivity index (χ4n) is 2.93. The van der Waals surface area contributed by atoms with Crippen LogP contribution in [0.25, 0.3) is 0 Å². The van der Waals surface area contributed by atoms with Gasteiger partial charge in [-0.2, -0.15) is 0 Å². The Morgan fingerprint density at radius 2 is 2.05 bits per heavy atom. The Bertz CT molecular complexity index is 633. The first-order valence-corrected chi connectivity index (χ1v) is 7.79. The lowest BCUT2D eigenvalue weighted by atomic mass is 9.97. The van der Waals surface area contributed by atoms with E-state index in [1.54, 1.807) is 0 Å². The number of hydrogen-bond acceptors (Lipinski definition) is 2. The summed E-state index contributed by atoms with van der Waals surface area (Å²) in [5.74, 6) is 1.53. The summed E-state index contributed by atoms with van der Waals surface area (Å²) in [4.78, 5) is 0. The van der Waals surface area contributed by atoms with E-state index >= 15 is 0 Å². The van der Waals surface area contributed by atoms with Crippen molar-refractivity contribution in [2.24, 2.45) is 0 Å². The molecule has 1 aliphatic heterocycles. The van der Waals surface area contributed by atoms with Crippen LogP contribution >= 0.6 is 0 Å². The van der Waals surface area contributed by atoms with Crippen LogP contribution in [0.5, 0.6) is 5.75 Å². The lowest BCUT2D eigenvalue weighted by Crippen LogP contribution is -2.05. The van der Waals surface area contributed by atoms with E-state index in [-0.39, 0.29) is 0 Å².